The van der Waals surface area contributed by atoms with E-state index >= 15 is 0 Å². The van der Waals surface area contributed by atoms with Gasteiger partial charge in [-0.2, -0.15) is 8.61 Å². The van der Waals surface area contributed by atoms with Crippen LogP contribution in [-0.4, -0.2) is 63.7 Å². The van der Waals surface area contributed by atoms with Gasteiger partial charge in [0.25, 0.3) is 0 Å². The molecule has 7 nitrogen and oxygen atoms in total. The third kappa shape index (κ3) is 4.76. The Morgan fingerprint density at radius 3 is 2.04 bits per heavy atom. The second-order valence-electron chi connectivity index (χ2n) is 6.35. The van der Waals surface area contributed by atoms with Gasteiger partial charge in [0.05, 0.1) is 9.79 Å². The van der Waals surface area contributed by atoms with E-state index < -0.39 is 20.0 Å². The molecule has 1 saturated heterocycles. The number of nitrogens with zero attached hydrogens (tertiary/aromatic N) is 2. The number of piperazine rings is 1. The van der Waals surface area contributed by atoms with E-state index in [1.165, 1.54) is 32.9 Å². The quantitative estimate of drug-likeness (QED) is 0.746. The Morgan fingerprint density at radius 1 is 1.04 bits per heavy atom. The van der Waals surface area contributed by atoms with Gasteiger partial charge in [0.2, 0.25) is 20.0 Å². The van der Waals surface area contributed by atoms with Crippen LogP contribution >= 0.6 is 12.4 Å². The Kier molecular flexibility index (Phi) is 8.06. The summed E-state index contributed by atoms with van der Waals surface area (Å²) < 4.78 is 54.0. The van der Waals surface area contributed by atoms with E-state index in [1.807, 2.05) is 13.8 Å². The standard InChI is InChI=1S/C16H27N3O4S2.ClH/c1-5-18(6-2)24(20,21)15-8-7-9-16(10-15)25(22,23)19-11-13(3)17-14(4)12-19;/h7-10,13-14,17H,5-6,11-12H2,1-4H3;1H. The average molecular weight is 426 g/mol. The Morgan fingerprint density at radius 2 is 1.54 bits per heavy atom. The maximum Gasteiger partial charge on any atom is 0.243 e. The van der Waals surface area contributed by atoms with Gasteiger partial charge in [-0.05, 0) is 32.0 Å². The number of nitrogens with one attached hydrogen (secondary N) is 1. The van der Waals surface area contributed by atoms with Crippen LogP contribution in [0.3, 0.4) is 0 Å². The Balaban J connectivity index is 0.00000338. The molecule has 1 aliphatic rings. The molecule has 2 atom stereocenters. The van der Waals surface area contributed by atoms with Crippen LogP contribution in [0.2, 0.25) is 0 Å². The normalized spacial score (nSPS) is 22.2. The SMILES string of the molecule is CCN(CC)S(=O)(=O)c1cccc(S(=O)(=O)N2CC(C)NC(C)C2)c1.Cl. The molecule has 0 spiro atoms. The highest BCUT2D eigenvalue weighted by molar-refractivity contribution is 7.90. The van der Waals surface area contributed by atoms with Gasteiger partial charge in [-0.1, -0.05) is 19.9 Å². The van der Waals surface area contributed by atoms with Gasteiger partial charge in [-0.3, -0.25) is 0 Å². The largest absolute Gasteiger partial charge is 0.309 e. The molecule has 26 heavy (non-hydrogen) atoms. The minimum atomic E-state index is -3.74. The van der Waals surface area contributed by atoms with Gasteiger partial charge in [-0.15, -0.1) is 12.4 Å². The molecular weight excluding hydrogens is 398 g/mol. The molecule has 1 fully saturated rings. The molecule has 0 aromatic heterocycles. The fourth-order valence-electron chi connectivity index (χ4n) is 3.13. The van der Waals surface area contributed by atoms with Crippen molar-refractivity contribution in [2.75, 3.05) is 26.2 Å². The molecule has 1 aliphatic heterocycles. The lowest BCUT2D eigenvalue weighted by atomic mass is 10.2. The number of hydrogen-bond acceptors (Lipinski definition) is 5. The van der Waals surface area contributed by atoms with Gasteiger partial charge >= 0.3 is 0 Å². The molecule has 2 rings (SSSR count). The molecule has 1 aromatic rings. The topological polar surface area (TPSA) is 86.8 Å². The first kappa shape index (κ1) is 23.3. The van der Waals surface area contributed by atoms with Crippen molar-refractivity contribution >= 4 is 32.5 Å². The maximum absolute atomic E-state index is 13.0. The molecule has 1 aromatic carbocycles. The minimum Gasteiger partial charge on any atom is -0.309 e. The Hall–Kier alpha value is -0.710. The second kappa shape index (κ2) is 8.99. The highest BCUT2D eigenvalue weighted by atomic mass is 35.5. The van der Waals surface area contributed by atoms with Crippen LogP contribution in [0.15, 0.2) is 34.1 Å². The van der Waals surface area contributed by atoms with Crippen LogP contribution < -0.4 is 5.32 Å². The third-order valence-corrected chi connectivity index (χ3v) is 8.18. The van der Waals surface area contributed by atoms with Gasteiger partial charge in [0.1, 0.15) is 0 Å². The van der Waals surface area contributed by atoms with Crippen molar-refractivity contribution in [1.29, 1.82) is 0 Å². The molecule has 0 radical (unpaired) electrons. The molecule has 1 N–H and O–H groups in total. The predicted molar refractivity (Wildman–Crippen MR) is 105 cm³/mol. The summed E-state index contributed by atoms with van der Waals surface area (Å²) in [6.07, 6.45) is 0. The van der Waals surface area contributed by atoms with Crippen molar-refractivity contribution in [1.82, 2.24) is 13.9 Å². The second-order valence-corrected chi connectivity index (χ2v) is 10.2. The van der Waals surface area contributed by atoms with Crippen molar-refractivity contribution in [2.24, 2.45) is 0 Å². The van der Waals surface area contributed by atoms with E-state index in [1.54, 1.807) is 13.8 Å². The van der Waals surface area contributed by atoms with Crippen molar-refractivity contribution in [3.63, 3.8) is 0 Å². The van der Waals surface area contributed by atoms with Crippen LogP contribution in [0, 0.1) is 0 Å². The Bertz CT molecular complexity index is 801. The molecule has 0 aliphatic carbocycles. The average Bonchev–Trinajstić information content (AvgIpc) is 2.55. The summed E-state index contributed by atoms with van der Waals surface area (Å²) in [5, 5.41) is 3.29. The van der Waals surface area contributed by atoms with Gasteiger partial charge in [0.15, 0.2) is 0 Å². The summed E-state index contributed by atoms with van der Waals surface area (Å²) in [4.78, 5) is 0.0236. The van der Waals surface area contributed by atoms with Gasteiger partial charge in [-0.25, -0.2) is 16.8 Å². The van der Waals surface area contributed by atoms with Crippen LogP contribution in [-0.2, 0) is 20.0 Å². The van der Waals surface area contributed by atoms with Crippen LogP contribution in [0.5, 0.6) is 0 Å². The summed E-state index contributed by atoms with van der Waals surface area (Å²) >= 11 is 0. The lowest BCUT2D eigenvalue weighted by Crippen LogP contribution is -2.55. The lowest BCUT2D eigenvalue weighted by molar-refractivity contribution is 0.263. The van der Waals surface area contributed by atoms with E-state index in [2.05, 4.69) is 5.32 Å². The van der Waals surface area contributed by atoms with Crippen molar-refractivity contribution in [3.05, 3.63) is 24.3 Å². The van der Waals surface area contributed by atoms with Crippen molar-refractivity contribution in [3.8, 4) is 0 Å². The van der Waals surface area contributed by atoms with E-state index in [0.29, 0.717) is 26.2 Å². The highest BCUT2D eigenvalue weighted by Gasteiger charge is 2.32. The molecular formula is C16H28ClN3O4S2. The molecule has 150 valence electrons. The molecule has 10 heteroatoms. The number of hydrogen-bond donors (Lipinski definition) is 1. The Labute approximate surface area is 163 Å². The predicted octanol–water partition coefficient (Wildman–Crippen LogP) is 1.51. The number of sulfonamides is 2. The first-order chi connectivity index (χ1) is 11.6. The summed E-state index contributed by atoms with van der Waals surface area (Å²) in [6, 6.07) is 5.73. The summed E-state index contributed by atoms with van der Waals surface area (Å²) in [7, 11) is -7.44. The fourth-order valence-corrected chi connectivity index (χ4v) is 6.37. The van der Waals surface area contributed by atoms with Crippen LogP contribution in [0.1, 0.15) is 27.7 Å². The van der Waals surface area contributed by atoms with Crippen LogP contribution in [0.4, 0.5) is 0 Å². The smallest absolute Gasteiger partial charge is 0.243 e. The van der Waals surface area contributed by atoms with E-state index in [0.717, 1.165) is 0 Å². The lowest BCUT2D eigenvalue weighted by Gasteiger charge is -2.35. The summed E-state index contributed by atoms with van der Waals surface area (Å²) in [5.74, 6) is 0. The fraction of sp³-hybridized carbons (Fsp3) is 0.625. The molecule has 1 heterocycles. The zero-order valence-corrected chi connectivity index (χ0v) is 18.0. The third-order valence-electron chi connectivity index (χ3n) is 4.31. The number of benzene rings is 1. The highest BCUT2D eigenvalue weighted by Crippen LogP contribution is 2.23. The number of halogens is 1. The molecule has 2 unspecified atom stereocenters. The minimum absolute atomic E-state index is 0. The van der Waals surface area contributed by atoms with E-state index in [-0.39, 0.29) is 34.3 Å². The molecule has 0 bridgehead atoms. The first-order valence-corrected chi connectivity index (χ1v) is 11.4. The monoisotopic (exact) mass is 425 g/mol. The van der Waals surface area contributed by atoms with E-state index in [9.17, 15) is 16.8 Å². The zero-order valence-electron chi connectivity index (χ0n) is 15.5. The van der Waals surface area contributed by atoms with Crippen LogP contribution in [0.25, 0.3) is 0 Å². The number of rotatable bonds is 6. The van der Waals surface area contributed by atoms with Crippen molar-refractivity contribution < 1.29 is 16.8 Å². The van der Waals surface area contributed by atoms with Gasteiger partial charge < -0.3 is 5.32 Å². The van der Waals surface area contributed by atoms with Crippen molar-refractivity contribution in [2.45, 2.75) is 49.6 Å². The summed E-state index contributed by atoms with van der Waals surface area (Å²) in [6.45, 7) is 8.76. The first-order valence-electron chi connectivity index (χ1n) is 8.49. The van der Waals surface area contributed by atoms with E-state index in [4.69, 9.17) is 0 Å². The molecule has 0 saturated carbocycles. The maximum atomic E-state index is 13.0. The molecule has 0 amide bonds. The zero-order chi connectivity index (χ0) is 18.8. The van der Waals surface area contributed by atoms with Gasteiger partial charge in [0, 0.05) is 38.3 Å². The summed E-state index contributed by atoms with van der Waals surface area (Å²) in [5.41, 5.74) is 0.